The first-order valence-corrected chi connectivity index (χ1v) is 2.79. The lowest BCUT2D eigenvalue weighted by atomic mass is 10.4. The Morgan fingerprint density at radius 1 is 1.67 bits per heavy atom. The first kappa shape index (κ1) is 8.01. The molecular weight excluding hydrogens is 114 g/mol. The van der Waals surface area contributed by atoms with E-state index in [-0.39, 0.29) is 0 Å². The second-order valence-electron chi connectivity index (χ2n) is 1.73. The number of rotatable bonds is 2. The standard InChI is InChI=1S/C6H13N3/c1-5(8-2)4-6(7)9-3/h4,8H,1-3H3,(H2,7,9). The molecule has 0 aliphatic rings. The molecule has 0 aliphatic heterocycles. The Morgan fingerprint density at radius 3 is 2.56 bits per heavy atom. The molecule has 3 N–H and O–H groups in total. The smallest absolute Gasteiger partial charge is 0.119 e. The van der Waals surface area contributed by atoms with Crippen LogP contribution in [0.4, 0.5) is 0 Å². The minimum absolute atomic E-state index is 0.543. The van der Waals surface area contributed by atoms with Crippen LogP contribution in [0.3, 0.4) is 0 Å². The molecule has 0 atom stereocenters. The largest absolute Gasteiger partial charge is 0.392 e. The predicted octanol–water partition coefficient (Wildman–Crippen LogP) is 0.0966. The highest BCUT2D eigenvalue weighted by atomic mass is 14.8. The van der Waals surface area contributed by atoms with Crippen LogP contribution < -0.4 is 11.1 Å². The van der Waals surface area contributed by atoms with Crippen molar-refractivity contribution in [3.05, 3.63) is 11.8 Å². The van der Waals surface area contributed by atoms with Crippen molar-refractivity contribution in [1.82, 2.24) is 5.32 Å². The Labute approximate surface area is 55.7 Å². The van der Waals surface area contributed by atoms with Gasteiger partial charge in [0.1, 0.15) is 5.84 Å². The first-order chi connectivity index (χ1) is 4.20. The fourth-order valence-corrected chi connectivity index (χ4v) is 0.359. The minimum Gasteiger partial charge on any atom is -0.392 e. The zero-order chi connectivity index (χ0) is 7.28. The Morgan fingerprint density at radius 2 is 2.22 bits per heavy atom. The lowest BCUT2D eigenvalue weighted by Gasteiger charge is -1.96. The van der Waals surface area contributed by atoms with Gasteiger partial charge in [-0.15, -0.1) is 0 Å². The second-order valence-corrected chi connectivity index (χ2v) is 1.73. The van der Waals surface area contributed by atoms with Crippen LogP contribution in [0.2, 0.25) is 0 Å². The van der Waals surface area contributed by atoms with E-state index < -0.39 is 0 Å². The molecule has 0 aromatic carbocycles. The van der Waals surface area contributed by atoms with E-state index in [1.54, 1.807) is 13.1 Å². The molecule has 0 spiro atoms. The average Bonchev–Trinajstić information content (AvgIpc) is 1.87. The molecule has 0 saturated carbocycles. The van der Waals surface area contributed by atoms with Crippen LogP contribution in [0.5, 0.6) is 0 Å². The topological polar surface area (TPSA) is 50.4 Å². The highest BCUT2D eigenvalue weighted by Crippen LogP contribution is 1.82. The van der Waals surface area contributed by atoms with Gasteiger partial charge in [0.15, 0.2) is 0 Å². The van der Waals surface area contributed by atoms with Crippen molar-refractivity contribution in [2.75, 3.05) is 14.1 Å². The summed E-state index contributed by atoms with van der Waals surface area (Å²) in [6.07, 6.45) is 1.78. The van der Waals surface area contributed by atoms with Crippen LogP contribution in [0, 0.1) is 0 Å². The Bertz CT molecular complexity index is 135. The first-order valence-electron chi connectivity index (χ1n) is 2.79. The highest BCUT2D eigenvalue weighted by Gasteiger charge is 1.83. The average molecular weight is 127 g/mol. The van der Waals surface area contributed by atoms with E-state index in [0.29, 0.717) is 5.84 Å². The molecule has 0 aliphatic carbocycles. The lowest BCUT2D eigenvalue weighted by molar-refractivity contribution is 0.992. The molecule has 0 rings (SSSR count). The summed E-state index contributed by atoms with van der Waals surface area (Å²) in [7, 11) is 3.50. The maximum absolute atomic E-state index is 5.38. The normalized spacial score (nSPS) is 13.7. The summed E-state index contributed by atoms with van der Waals surface area (Å²) in [6.45, 7) is 1.93. The van der Waals surface area contributed by atoms with Gasteiger partial charge in [0.25, 0.3) is 0 Å². The van der Waals surface area contributed by atoms with E-state index in [9.17, 15) is 0 Å². The molecule has 0 aromatic rings. The van der Waals surface area contributed by atoms with Crippen LogP contribution >= 0.6 is 0 Å². The summed E-state index contributed by atoms with van der Waals surface area (Å²) < 4.78 is 0. The van der Waals surface area contributed by atoms with Crippen LogP contribution in [0.25, 0.3) is 0 Å². The minimum atomic E-state index is 0.543. The molecule has 3 heteroatoms. The summed E-state index contributed by atoms with van der Waals surface area (Å²) in [6, 6.07) is 0. The molecule has 0 aromatic heterocycles. The second kappa shape index (κ2) is 3.95. The van der Waals surface area contributed by atoms with Gasteiger partial charge in [-0.2, -0.15) is 0 Å². The zero-order valence-corrected chi connectivity index (χ0v) is 6.10. The summed E-state index contributed by atoms with van der Waals surface area (Å²) >= 11 is 0. The molecule has 0 saturated heterocycles. The number of hydrogen-bond acceptors (Lipinski definition) is 2. The maximum Gasteiger partial charge on any atom is 0.119 e. The van der Waals surface area contributed by atoms with Gasteiger partial charge < -0.3 is 11.1 Å². The Balaban J connectivity index is 3.95. The zero-order valence-electron chi connectivity index (χ0n) is 6.10. The van der Waals surface area contributed by atoms with Crippen molar-refractivity contribution in [2.45, 2.75) is 6.92 Å². The third-order valence-corrected chi connectivity index (χ3v) is 1.02. The van der Waals surface area contributed by atoms with Crippen LogP contribution in [0.15, 0.2) is 16.8 Å². The summed E-state index contributed by atoms with van der Waals surface area (Å²) in [5.41, 5.74) is 6.40. The van der Waals surface area contributed by atoms with E-state index in [0.717, 1.165) is 5.70 Å². The molecule has 52 valence electrons. The molecule has 0 amide bonds. The number of hydrogen-bond donors (Lipinski definition) is 2. The van der Waals surface area contributed by atoms with E-state index in [1.165, 1.54) is 0 Å². The summed E-state index contributed by atoms with van der Waals surface area (Å²) in [5.74, 6) is 0.543. The van der Waals surface area contributed by atoms with Crippen molar-refractivity contribution in [3.8, 4) is 0 Å². The van der Waals surface area contributed by atoms with Gasteiger partial charge in [0, 0.05) is 19.8 Å². The number of aliphatic imine (C=N–C) groups is 1. The van der Waals surface area contributed by atoms with Gasteiger partial charge in [-0.3, -0.25) is 4.99 Å². The van der Waals surface area contributed by atoms with Crippen molar-refractivity contribution >= 4 is 5.84 Å². The molecule has 3 nitrogen and oxygen atoms in total. The number of nitrogens with zero attached hydrogens (tertiary/aromatic N) is 1. The predicted molar refractivity (Wildman–Crippen MR) is 40.4 cm³/mol. The third kappa shape index (κ3) is 3.58. The number of nitrogens with one attached hydrogen (secondary N) is 1. The number of amidine groups is 1. The fraction of sp³-hybridized carbons (Fsp3) is 0.500. The summed E-state index contributed by atoms with van der Waals surface area (Å²) in [5, 5.41) is 2.93. The van der Waals surface area contributed by atoms with Crippen LogP contribution in [0.1, 0.15) is 6.92 Å². The molecule has 0 unspecified atom stereocenters. The van der Waals surface area contributed by atoms with Gasteiger partial charge in [-0.05, 0) is 13.0 Å². The number of allylic oxidation sites excluding steroid dienone is 1. The molecule has 0 radical (unpaired) electrons. The molecule has 0 bridgehead atoms. The monoisotopic (exact) mass is 127 g/mol. The maximum atomic E-state index is 5.38. The molecule has 0 heterocycles. The van der Waals surface area contributed by atoms with Gasteiger partial charge in [0.05, 0.1) is 0 Å². The molecule has 0 fully saturated rings. The SMILES string of the molecule is CN=C(N)C=C(C)NC. The van der Waals surface area contributed by atoms with E-state index in [4.69, 9.17) is 5.73 Å². The van der Waals surface area contributed by atoms with E-state index >= 15 is 0 Å². The Kier molecular flexibility index (Phi) is 3.51. The van der Waals surface area contributed by atoms with Gasteiger partial charge in [-0.25, -0.2) is 0 Å². The lowest BCUT2D eigenvalue weighted by Crippen LogP contribution is -2.11. The summed E-state index contributed by atoms with van der Waals surface area (Å²) in [4.78, 5) is 3.75. The van der Waals surface area contributed by atoms with Crippen LogP contribution in [-0.2, 0) is 0 Å². The molecule has 9 heavy (non-hydrogen) atoms. The van der Waals surface area contributed by atoms with Crippen molar-refractivity contribution in [3.63, 3.8) is 0 Å². The highest BCUT2D eigenvalue weighted by molar-refractivity contribution is 5.91. The quantitative estimate of drug-likeness (QED) is 0.408. The van der Waals surface area contributed by atoms with Gasteiger partial charge in [-0.1, -0.05) is 0 Å². The van der Waals surface area contributed by atoms with Crippen molar-refractivity contribution in [2.24, 2.45) is 10.7 Å². The van der Waals surface area contributed by atoms with Gasteiger partial charge >= 0.3 is 0 Å². The number of nitrogens with two attached hydrogens (primary N) is 1. The fourth-order valence-electron chi connectivity index (χ4n) is 0.359. The Hall–Kier alpha value is -0.990. The van der Waals surface area contributed by atoms with Crippen LogP contribution in [-0.4, -0.2) is 19.9 Å². The van der Waals surface area contributed by atoms with Crippen molar-refractivity contribution in [1.29, 1.82) is 0 Å². The molecular formula is C6H13N3. The van der Waals surface area contributed by atoms with Crippen molar-refractivity contribution < 1.29 is 0 Å². The third-order valence-electron chi connectivity index (χ3n) is 1.02. The van der Waals surface area contributed by atoms with Gasteiger partial charge in [0.2, 0.25) is 0 Å². The van der Waals surface area contributed by atoms with E-state index in [1.807, 2.05) is 14.0 Å². The van der Waals surface area contributed by atoms with E-state index in [2.05, 4.69) is 10.3 Å².